The summed E-state index contributed by atoms with van der Waals surface area (Å²) in [4.78, 5) is 25.4. The molecule has 2 amide bonds. The lowest BCUT2D eigenvalue weighted by molar-refractivity contribution is -0.131. The summed E-state index contributed by atoms with van der Waals surface area (Å²) < 4.78 is 0. The molecule has 0 aromatic carbocycles. The Morgan fingerprint density at radius 3 is 2.28 bits per heavy atom. The van der Waals surface area contributed by atoms with Gasteiger partial charge in [-0.2, -0.15) is 0 Å². The van der Waals surface area contributed by atoms with Gasteiger partial charge in [0.15, 0.2) is 0 Å². The van der Waals surface area contributed by atoms with Crippen LogP contribution >= 0.6 is 0 Å². The summed E-state index contributed by atoms with van der Waals surface area (Å²) in [5.74, 6) is -0.0230. The average Bonchev–Trinajstić information content (AvgIpc) is 2.79. The van der Waals surface area contributed by atoms with Crippen LogP contribution in [0.1, 0.15) is 46.0 Å². The first-order valence-corrected chi connectivity index (χ1v) is 6.88. The molecule has 0 spiro atoms. The summed E-state index contributed by atoms with van der Waals surface area (Å²) in [6.45, 7) is 5.71. The summed E-state index contributed by atoms with van der Waals surface area (Å²) in [6, 6.07) is 0. The second kappa shape index (κ2) is 6.73. The Kier molecular flexibility index (Phi) is 5.59. The molecule has 1 aliphatic rings. The van der Waals surface area contributed by atoms with Gasteiger partial charge in [0.2, 0.25) is 11.8 Å². The molecule has 1 rings (SSSR count). The van der Waals surface area contributed by atoms with Gasteiger partial charge in [-0.25, -0.2) is 0 Å². The van der Waals surface area contributed by atoms with Gasteiger partial charge in [-0.3, -0.25) is 9.59 Å². The minimum Gasteiger partial charge on any atom is -0.354 e. The van der Waals surface area contributed by atoms with Gasteiger partial charge in [-0.05, 0) is 26.7 Å². The minimum atomic E-state index is -0.696. The quantitative estimate of drug-likeness (QED) is 0.731. The van der Waals surface area contributed by atoms with E-state index in [4.69, 9.17) is 5.73 Å². The van der Waals surface area contributed by atoms with Gasteiger partial charge in [0.1, 0.15) is 0 Å². The zero-order valence-electron chi connectivity index (χ0n) is 11.5. The van der Waals surface area contributed by atoms with Crippen LogP contribution in [0.2, 0.25) is 0 Å². The zero-order valence-corrected chi connectivity index (χ0v) is 11.5. The number of nitrogens with one attached hydrogen (secondary N) is 1. The summed E-state index contributed by atoms with van der Waals surface area (Å²) in [5.41, 5.74) is 5.33. The number of carbonyl (C=O) groups excluding carboxylic acids is 2. The van der Waals surface area contributed by atoms with Crippen LogP contribution in [0, 0.1) is 0 Å². The molecule has 0 atom stereocenters. The van der Waals surface area contributed by atoms with Crippen molar-refractivity contribution < 1.29 is 9.59 Å². The van der Waals surface area contributed by atoms with Crippen molar-refractivity contribution in [2.24, 2.45) is 5.73 Å². The third kappa shape index (κ3) is 3.70. The second-order valence-electron chi connectivity index (χ2n) is 4.94. The van der Waals surface area contributed by atoms with Crippen LogP contribution in [-0.2, 0) is 9.59 Å². The van der Waals surface area contributed by atoms with Gasteiger partial charge in [-0.1, -0.05) is 12.8 Å². The Balaban J connectivity index is 2.29. The number of amides is 2. The van der Waals surface area contributed by atoms with E-state index in [0.717, 1.165) is 25.7 Å². The number of nitrogens with two attached hydrogens (primary N) is 1. The van der Waals surface area contributed by atoms with Crippen LogP contribution in [-0.4, -0.2) is 41.9 Å². The fourth-order valence-electron chi connectivity index (χ4n) is 2.43. The molecular formula is C13H25N3O2. The van der Waals surface area contributed by atoms with Crippen molar-refractivity contribution in [3.8, 4) is 0 Å². The summed E-state index contributed by atoms with van der Waals surface area (Å²) in [7, 11) is 0. The van der Waals surface area contributed by atoms with Crippen molar-refractivity contribution in [3.05, 3.63) is 0 Å². The van der Waals surface area contributed by atoms with E-state index in [9.17, 15) is 9.59 Å². The highest BCUT2D eigenvalue weighted by atomic mass is 16.2. The molecular weight excluding hydrogens is 230 g/mol. The van der Waals surface area contributed by atoms with Crippen LogP contribution in [0.25, 0.3) is 0 Å². The van der Waals surface area contributed by atoms with Crippen LogP contribution in [0.15, 0.2) is 0 Å². The van der Waals surface area contributed by atoms with Crippen LogP contribution < -0.4 is 11.1 Å². The van der Waals surface area contributed by atoms with Crippen molar-refractivity contribution in [3.63, 3.8) is 0 Å². The van der Waals surface area contributed by atoms with Gasteiger partial charge >= 0.3 is 0 Å². The molecule has 0 saturated heterocycles. The topological polar surface area (TPSA) is 75.4 Å². The standard InChI is InChI=1S/C13H25N3O2/c1-3-16(4-2)11(17)7-10-15-12(18)13(14)8-5-6-9-13/h3-10,14H2,1-2H3,(H,15,18). The van der Waals surface area contributed by atoms with Gasteiger partial charge in [0, 0.05) is 26.1 Å². The zero-order chi connectivity index (χ0) is 13.6. The number of rotatable bonds is 6. The van der Waals surface area contributed by atoms with E-state index in [-0.39, 0.29) is 11.8 Å². The summed E-state index contributed by atoms with van der Waals surface area (Å²) in [5, 5.41) is 2.79. The molecule has 104 valence electrons. The van der Waals surface area contributed by atoms with E-state index in [1.54, 1.807) is 4.90 Å². The Morgan fingerprint density at radius 2 is 1.78 bits per heavy atom. The maximum atomic E-state index is 11.9. The molecule has 1 aliphatic carbocycles. The second-order valence-corrected chi connectivity index (χ2v) is 4.94. The predicted octanol–water partition coefficient (Wildman–Crippen LogP) is 0.633. The summed E-state index contributed by atoms with van der Waals surface area (Å²) >= 11 is 0. The van der Waals surface area contributed by atoms with E-state index in [1.807, 2.05) is 13.8 Å². The van der Waals surface area contributed by atoms with Gasteiger partial charge < -0.3 is 16.0 Å². The highest BCUT2D eigenvalue weighted by molar-refractivity contribution is 5.86. The Bertz CT molecular complexity index is 295. The first-order valence-electron chi connectivity index (χ1n) is 6.88. The molecule has 0 bridgehead atoms. The smallest absolute Gasteiger partial charge is 0.240 e. The molecule has 1 saturated carbocycles. The Morgan fingerprint density at radius 1 is 1.22 bits per heavy atom. The van der Waals surface area contributed by atoms with E-state index in [0.29, 0.717) is 26.1 Å². The van der Waals surface area contributed by atoms with Crippen molar-refractivity contribution in [1.29, 1.82) is 0 Å². The number of hydrogen-bond donors (Lipinski definition) is 2. The average molecular weight is 255 g/mol. The molecule has 0 aromatic heterocycles. The lowest BCUT2D eigenvalue weighted by atomic mass is 9.98. The van der Waals surface area contributed by atoms with E-state index in [1.165, 1.54) is 0 Å². The third-order valence-electron chi connectivity index (χ3n) is 3.69. The van der Waals surface area contributed by atoms with Crippen molar-refractivity contribution in [2.45, 2.75) is 51.5 Å². The van der Waals surface area contributed by atoms with Crippen molar-refractivity contribution in [1.82, 2.24) is 10.2 Å². The fourth-order valence-corrected chi connectivity index (χ4v) is 2.43. The highest BCUT2D eigenvalue weighted by Crippen LogP contribution is 2.27. The molecule has 0 aromatic rings. The Labute approximate surface area is 109 Å². The predicted molar refractivity (Wildman–Crippen MR) is 70.9 cm³/mol. The SMILES string of the molecule is CCN(CC)C(=O)CCNC(=O)C1(N)CCCC1. The maximum absolute atomic E-state index is 11.9. The number of nitrogens with zero attached hydrogens (tertiary/aromatic N) is 1. The van der Waals surface area contributed by atoms with E-state index in [2.05, 4.69) is 5.32 Å². The minimum absolute atomic E-state index is 0.0813. The molecule has 0 unspecified atom stereocenters. The normalized spacial score (nSPS) is 17.5. The van der Waals surface area contributed by atoms with E-state index >= 15 is 0 Å². The van der Waals surface area contributed by atoms with Crippen molar-refractivity contribution in [2.75, 3.05) is 19.6 Å². The highest BCUT2D eigenvalue weighted by Gasteiger charge is 2.36. The van der Waals surface area contributed by atoms with Crippen LogP contribution in [0.3, 0.4) is 0 Å². The lowest BCUT2D eigenvalue weighted by Gasteiger charge is -2.23. The third-order valence-corrected chi connectivity index (χ3v) is 3.69. The maximum Gasteiger partial charge on any atom is 0.240 e. The molecule has 5 nitrogen and oxygen atoms in total. The van der Waals surface area contributed by atoms with E-state index < -0.39 is 5.54 Å². The largest absolute Gasteiger partial charge is 0.354 e. The molecule has 0 radical (unpaired) electrons. The molecule has 18 heavy (non-hydrogen) atoms. The summed E-state index contributed by atoms with van der Waals surface area (Å²) in [6.07, 6.45) is 3.89. The molecule has 3 N–H and O–H groups in total. The first-order chi connectivity index (χ1) is 8.53. The van der Waals surface area contributed by atoms with Gasteiger partial charge in [0.05, 0.1) is 5.54 Å². The molecule has 0 heterocycles. The molecule has 0 aliphatic heterocycles. The Hall–Kier alpha value is -1.10. The lowest BCUT2D eigenvalue weighted by Crippen LogP contribution is -2.52. The number of hydrogen-bond acceptors (Lipinski definition) is 3. The molecule has 1 fully saturated rings. The monoisotopic (exact) mass is 255 g/mol. The number of carbonyl (C=O) groups is 2. The van der Waals surface area contributed by atoms with Gasteiger partial charge in [-0.15, -0.1) is 0 Å². The van der Waals surface area contributed by atoms with Crippen LogP contribution in [0.5, 0.6) is 0 Å². The van der Waals surface area contributed by atoms with Crippen molar-refractivity contribution >= 4 is 11.8 Å². The fraction of sp³-hybridized carbons (Fsp3) is 0.846. The van der Waals surface area contributed by atoms with Crippen LogP contribution in [0.4, 0.5) is 0 Å². The molecule has 5 heteroatoms. The first kappa shape index (κ1) is 15.0. The van der Waals surface area contributed by atoms with Gasteiger partial charge in [0.25, 0.3) is 0 Å².